The highest BCUT2D eigenvalue weighted by Crippen LogP contribution is 2.33. The Morgan fingerprint density at radius 3 is 2.79 bits per heavy atom. The minimum absolute atomic E-state index is 0.199. The summed E-state index contributed by atoms with van der Waals surface area (Å²) in [5, 5.41) is 19.2. The van der Waals surface area contributed by atoms with Gasteiger partial charge in [0.2, 0.25) is 0 Å². The number of hydrogen-bond donors (Lipinski definition) is 2. The molecule has 1 saturated heterocycles. The van der Waals surface area contributed by atoms with Gasteiger partial charge in [-0.05, 0) is 53.4 Å². The van der Waals surface area contributed by atoms with Crippen LogP contribution in [0.2, 0.25) is 0 Å². The average molecular weight is 328 g/mol. The molecule has 2 unspecified atom stereocenters. The molecule has 0 spiro atoms. The van der Waals surface area contributed by atoms with Gasteiger partial charge in [-0.25, -0.2) is 0 Å². The zero-order chi connectivity index (χ0) is 13.8. The molecule has 1 heterocycles. The third-order valence-corrected chi connectivity index (χ3v) is 4.49. The number of halogens is 1. The van der Waals surface area contributed by atoms with Crippen LogP contribution in [0.15, 0.2) is 22.7 Å². The summed E-state index contributed by atoms with van der Waals surface area (Å²) in [7, 11) is 0. The first-order valence-corrected chi connectivity index (χ1v) is 7.77. The van der Waals surface area contributed by atoms with Gasteiger partial charge in [0, 0.05) is 11.0 Å². The van der Waals surface area contributed by atoms with Crippen molar-refractivity contribution in [1.82, 2.24) is 0 Å². The smallest absolute Gasteiger partial charge is 0.0762 e. The van der Waals surface area contributed by atoms with Gasteiger partial charge in [-0.1, -0.05) is 18.9 Å². The van der Waals surface area contributed by atoms with Gasteiger partial charge >= 0.3 is 0 Å². The second-order valence-corrected chi connectivity index (χ2v) is 6.12. The topological polar surface area (TPSA) is 43.7 Å². The van der Waals surface area contributed by atoms with Crippen LogP contribution in [-0.4, -0.2) is 29.4 Å². The number of anilines is 1. The third kappa shape index (κ3) is 3.50. The van der Waals surface area contributed by atoms with E-state index in [2.05, 4.69) is 20.8 Å². The summed E-state index contributed by atoms with van der Waals surface area (Å²) < 4.78 is 0.992. The van der Waals surface area contributed by atoms with Crippen molar-refractivity contribution in [3.8, 4) is 0 Å². The Morgan fingerprint density at radius 2 is 2.16 bits per heavy atom. The van der Waals surface area contributed by atoms with Gasteiger partial charge in [-0.2, -0.15) is 0 Å². The van der Waals surface area contributed by atoms with Crippen molar-refractivity contribution < 1.29 is 10.2 Å². The molecule has 1 aliphatic heterocycles. The highest BCUT2D eigenvalue weighted by Gasteiger charge is 2.22. The van der Waals surface area contributed by atoms with E-state index in [1.54, 1.807) is 6.92 Å². The fourth-order valence-corrected chi connectivity index (χ4v) is 3.32. The second-order valence-electron chi connectivity index (χ2n) is 5.27. The quantitative estimate of drug-likeness (QED) is 0.895. The van der Waals surface area contributed by atoms with Crippen molar-refractivity contribution in [2.75, 3.05) is 18.1 Å². The van der Waals surface area contributed by atoms with Crippen LogP contribution in [0.25, 0.3) is 0 Å². The highest BCUT2D eigenvalue weighted by molar-refractivity contribution is 9.10. The van der Waals surface area contributed by atoms with Gasteiger partial charge in [0.1, 0.15) is 0 Å². The molecule has 19 heavy (non-hydrogen) atoms. The Kier molecular flexibility index (Phi) is 5.25. The first-order chi connectivity index (χ1) is 9.13. The van der Waals surface area contributed by atoms with E-state index in [4.69, 9.17) is 0 Å². The van der Waals surface area contributed by atoms with Crippen molar-refractivity contribution in [2.24, 2.45) is 0 Å². The zero-order valence-corrected chi connectivity index (χ0v) is 12.9. The first kappa shape index (κ1) is 14.8. The molecule has 0 radical (unpaired) electrons. The normalized spacial score (nSPS) is 22.1. The molecule has 0 amide bonds. The summed E-state index contributed by atoms with van der Waals surface area (Å²) >= 11 is 3.60. The van der Waals surface area contributed by atoms with E-state index in [0.29, 0.717) is 0 Å². The van der Waals surface area contributed by atoms with Crippen LogP contribution in [0.1, 0.15) is 44.3 Å². The molecule has 0 bridgehead atoms. The van der Waals surface area contributed by atoms with Crippen LogP contribution >= 0.6 is 15.9 Å². The predicted molar refractivity (Wildman–Crippen MR) is 81.5 cm³/mol. The van der Waals surface area contributed by atoms with Gasteiger partial charge < -0.3 is 15.1 Å². The number of nitrogens with zero attached hydrogens (tertiary/aromatic N) is 1. The summed E-state index contributed by atoms with van der Waals surface area (Å²) in [6.07, 6.45) is 4.17. The van der Waals surface area contributed by atoms with Crippen LogP contribution in [0.4, 0.5) is 5.69 Å². The van der Waals surface area contributed by atoms with Gasteiger partial charge in [-0.3, -0.25) is 0 Å². The summed E-state index contributed by atoms with van der Waals surface area (Å²) in [6, 6.07) is 6.18. The van der Waals surface area contributed by atoms with Gasteiger partial charge in [0.25, 0.3) is 0 Å². The maximum Gasteiger partial charge on any atom is 0.0762 e. The molecule has 0 aromatic heterocycles. The van der Waals surface area contributed by atoms with E-state index in [1.165, 1.54) is 19.3 Å². The Balaban J connectivity index is 2.28. The number of rotatable bonds is 3. The summed E-state index contributed by atoms with van der Waals surface area (Å²) in [5.41, 5.74) is 2.02. The molecule has 1 aromatic carbocycles. The lowest BCUT2D eigenvalue weighted by Crippen LogP contribution is -2.37. The minimum Gasteiger partial charge on any atom is -0.394 e. The van der Waals surface area contributed by atoms with E-state index < -0.39 is 6.10 Å². The monoisotopic (exact) mass is 327 g/mol. The maximum atomic E-state index is 9.62. The summed E-state index contributed by atoms with van der Waals surface area (Å²) in [4.78, 5) is 2.29. The Bertz CT molecular complexity index is 423. The minimum atomic E-state index is -0.455. The van der Waals surface area contributed by atoms with Crippen LogP contribution in [-0.2, 0) is 0 Å². The molecule has 1 aromatic rings. The number of hydrogen-bond acceptors (Lipinski definition) is 3. The van der Waals surface area contributed by atoms with Crippen LogP contribution < -0.4 is 4.90 Å². The summed E-state index contributed by atoms with van der Waals surface area (Å²) in [5.74, 6) is 0. The van der Waals surface area contributed by atoms with E-state index in [9.17, 15) is 10.2 Å². The Hall–Kier alpha value is -0.580. The molecule has 1 aliphatic rings. The van der Waals surface area contributed by atoms with Gasteiger partial charge in [-0.15, -0.1) is 0 Å². The number of benzene rings is 1. The van der Waals surface area contributed by atoms with E-state index >= 15 is 0 Å². The molecule has 1 fully saturated rings. The predicted octanol–water partition coefficient (Wildman–Crippen LogP) is 3.24. The molecule has 2 N–H and O–H groups in total. The van der Waals surface area contributed by atoms with Gasteiger partial charge in [0.15, 0.2) is 0 Å². The molecule has 3 nitrogen and oxygen atoms in total. The summed E-state index contributed by atoms with van der Waals surface area (Å²) in [6.45, 7) is 2.95. The molecular weight excluding hydrogens is 306 g/mol. The van der Waals surface area contributed by atoms with Crippen molar-refractivity contribution in [2.45, 2.75) is 44.8 Å². The molecule has 4 heteroatoms. The van der Waals surface area contributed by atoms with Crippen LogP contribution in [0.5, 0.6) is 0 Å². The van der Waals surface area contributed by atoms with Crippen LogP contribution in [0, 0.1) is 0 Å². The van der Waals surface area contributed by atoms with E-state index in [0.717, 1.165) is 28.7 Å². The average Bonchev–Trinajstić information content (AvgIpc) is 2.63. The van der Waals surface area contributed by atoms with Crippen molar-refractivity contribution in [3.63, 3.8) is 0 Å². The lowest BCUT2D eigenvalue weighted by molar-refractivity contribution is 0.199. The van der Waals surface area contributed by atoms with Crippen molar-refractivity contribution >= 4 is 21.6 Å². The number of aliphatic hydroxyl groups excluding tert-OH is 2. The van der Waals surface area contributed by atoms with E-state index in [-0.39, 0.29) is 12.6 Å². The van der Waals surface area contributed by atoms with Crippen molar-refractivity contribution in [1.29, 1.82) is 0 Å². The lowest BCUT2D eigenvalue weighted by Gasteiger charge is -2.32. The second kappa shape index (κ2) is 6.73. The Morgan fingerprint density at radius 1 is 1.37 bits per heavy atom. The molecule has 0 saturated carbocycles. The fraction of sp³-hybridized carbons (Fsp3) is 0.600. The van der Waals surface area contributed by atoms with E-state index in [1.807, 2.05) is 18.2 Å². The molecule has 106 valence electrons. The molecule has 2 rings (SSSR count). The van der Waals surface area contributed by atoms with Crippen LogP contribution in [0.3, 0.4) is 0 Å². The fourth-order valence-electron chi connectivity index (χ4n) is 2.70. The molecule has 0 aliphatic carbocycles. The Labute approximate surface area is 123 Å². The lowest BCUT2D eigenvalue weighted by atomic mass is 10.1. The SMILES string of the molecule is CC(O)c1ccc(N2CCCCCC2CO)c(Br)c1. The standard InChI is InChI=1S/C15H22BrNO2/c1-11(19)12-6-7-15(14(16)9-12)17-8-4-2-3-5-13(17)10-18/h6-7,9,11,13,18-19H,2-5,8,10H2,1H3. The third-order valence-electron chi connectivity index (χ3n) is 3.85. The zero-order valence-electron chi connectivity index (χ0n) is 11.3. The van der Waals surface area contributed by atoms with Gasteiger partial charge in [0.05, 0.1) is 24.4 Å². The maximum absolute atomic E-state index is 9.62. The highest BCUT2D eigenvalue weighted by atomic mass is 79.9. The number of aliphatic hydroxyl groups is 2. The molecule has 2 atom stereocenters. The van der Waals surface area contributed by atoms with Crippen molar-refractivity contribution in [3.05, 3.63) is 28.2 Å². The first-order valence-electron chi connectivity index (χ1n) is 6.98. The largest absolute Gasteiger partial charge is 0.394 e. The molecular formula is C15H22BrNO2.